The van der Waals surface area contributed by atoms with Crippen molar-refractivity contribution in [1.29, 1.82) is 0 Å². The van der Waals surface area contributed by atoms with Crippen molar-refractivity contribution in [3.63, 3.8) is 0 Å². The topological polar surface area (TPSA) is 26.3 Å². The van der Waals surface area contributed by atoms with E-state index < -0.39 is 12.6 Å². The van der Waals surface area contributed by atoms with Gasteiger partial charge >= 0.3 is 5.97 Å². The molecule has 0 aromatic heterocycles. The first-order chi connectivity index (χ1) is 3.81. The van der Waals surface area contributed by atoms with Crippen LogP contribution in [0.4, 0.5) is 4.39 Å². The van der Waals surface area contributed by atoms with E-state index in [-0.39, 0.29) is 0 Å². The van der Waals surface area contributed by atoms with Crippen LogP contribution in [0.25, 0.3) is 0 Å². The lowest BCUT2D eigenvalue weighted by Crippen LogP contribution is -1.93. The Kier molecular flexibility index (Phi) is 3.84. The molecule has 0 saturated heterocycles. The van der Waals surface area contributed by atoms with Crippen LogP contribution < -0.4 is 0 Å². The van der Waals surface area contributed by atoms with Crippen molar-refractivity contribution >= 4 is 5.97 Å². The maximum atomic E-state index is 11.2. The number of ether oxygens (including phenoxy) is 1. The first kappa shape index (κ1) is 7.14. The Morgan fingerprint density at radius 3 is 2.88 bits per heavy atom. The molecule has 0 aliphatic heterocycles. The van der Waals surface area contributed by atoms with Gasteiger partial charge in [-0.1, -0.05) is 0 Å². The van der Waals surface area contributed by atoms with E-state index >= 15 is 0 Å². The summed E-state index contributed by atoms with van der Waals surface area (Å²) in [6.45, 7) is -0.630. The SMILES string of the molecule is COC(=O)/C=C\CF. The van der Waals surface area contributed by atoms with Crippen LogP contribution >= 0.6 is 0 Å². The normalized spacial score (nSPS) is 9.75. The maximum absolute atomic E-state index is 11.2. The predicted molar refractivity (Wildman–Crippen MR) is 27.1 cm³/mol. The summed E-state index contributed by atoms with van der Waals surface area (Å²) in [5, 5.41) is 0. The van der Waals surface area contributed by atoms with Gasteiger partial charge in [-0.25, -0.2) is 9.18 Å². The van der Waals surface area contributed by atoms with Crippen molar-refractivity contribution in [3.05, 3.63) is 12.2 Å². The van der Waals surface area contributed by atoms with Crippen LogP contribution in [0.2, 0.25) is 0 Å². The molecule has 2 nitrogen and oxygen atoms in total. The van der Waals surface area contributed by atoms with Crippen molar-refractivity contribution in [1.82, 2.24) is 0 Å². The summed E-state index contributed by atoms with van der Waals surface area (Å²) in [5.74, 6) is -0.525. The fourth-order valence-corrected chi connectivity index (χ4v) is 0.209. The average molecular weight is 118 g/mol. The van der Waals surface area contributed by atoms with Gasteiger partial charge in [0.2, 0.25) is 0 Å². The first-order valence-corrected chi connectivity index (χ1v) is 2.11. The number of allylic oxidation sites excluding steroid dienone is 1. The van der Waals surface area contributed by atoms with Crippen LogP contribution in [0, 0.1) is 0 Å². The van der Waals surface area contributed by atoms with Gasteiger partial charge in [0.05, 0.1) is 7.11 Å². The largest absolute Gasteiger partial charge is 0.466 e. The summed E-state index contributed by atoms with van der Waals surface area (Å²) in [5.41, 5.74) is 0. The smallest absolute Gasteiger partial charge is 0.330 e. The summed E-state index contributed by atoms with van der Waals surface area (Å²) in [6, 6.07) is 0. The molecule has 46 valence electrons. The molecule has 3 heteroatoms. The standard InChI is InChI=1S/C5H7FO2/c1-8-5(7)3-2-4-6/h2-3H,4H2,1H3/b3-2-. The molecule has 0 aliphatic rings. The zero-order valence-electron chi connectivity index (χ0n) is 4.56. The van der Waals surface area contributed by atoms with Crippen LogP contribution in [0.3, 0.4) is 0 Å². The van der Waals surface area contributed by atoms with E-state index in [9.17, 15) is 9.18 Å². The van der Waals surface area contributed by atoms with Crippen molar-refractivity contribution < 1.29 is 13.9 Å². The van der Waals surface area contributed by atoms with Gasteiger partial charge in [-0.15, -0.1) is 0 Å². The third-order valence-electron chi connectivity index (χ3n) is 0.544. The Morgan fingerprint density at radius 2 is 2.50 bits per heavy atom. The second-order valence-corrected chi connectivity index (χ2v) is 1.08. The number of halogens is 1. The number of hydrogen-bond donors (Lipinski definition) is 0. The highest BCUT2D eigenvalue weighted by Crippen LogP contribution is 1.77. The number of rotatable bonds is 2. The minimum atomic E-state index is -0.630. The van der Waals surface area contributed by atoms with E-state index in [1.807, 2.05) is 0 Å². The van der Waals surface area contributed by atoms with Crippen LogP contribution in [-0.2, 0) is 9.53 Å². The van der Waals surface area contributed by atoms with Crippen molar-refractivity contribution in [2.75, 3.05) is 13.8 Å². The van der Waals surface area contributed by atoms with Gasteiger partial charge < -0.3 is 4.74 Å². The van der Waals surface area contributed by atoms with Crippen LogP contribution in [0.1, 0.15) is 0 Å². The number of esters is 1. The number of alkyl halides is 1. The zero-order valence-corrected chi connectivity index (χ0v) is 4.56. The summed E-state index contributed by atoms with van der Waals surface area (Å²) < 4.78 is 15.4. The van der Waals surface area contributed by atoms with E-state index in [0.717, 1.165) is 12.2 Å². The van der Waals surface area contributed by atoms with E-state index in [1.54, 1.807) is 0 Å². The molecule has 0 aromatic carbocycles. The highest BCUT2D eigenvalue weighted by molar-refractivity contribution is 5.81. The molecule has 0 amide bonds. The number of methoxy groups -OCH3 is 1. The molecule has 0 spiro atoms. The Morgan fingerprint density at radius 1 is 1.88 bits per heavy atom. The van der Waals surface area contributed by atoms with E-state index in [2.05, 4.69) is 4.74 Å². The van der Waals surface area contributed by atoms with Gasteiger partial charge in [0, 0.05) is 6.08 Å². The Bertz CT molecular complexity index is 98.6. The van der Waals surface area contributed by atoms with Crippen molar-refractivity contribution in [2.45, 2.75) is 0 Å². The van der Waals surface area contributed by atoms with E-state index in [1.165, 1.54) is 7.11 Å². The van der Waals surface area contributed by atoms with Crippen LogP contribution in [0.15, 0.2) is 12.2 Å². The monoisotopic (exact) mass is 118 g/mol. The quantitative estimate of drug-likeness (QED) is 0.393. The highest BCUT2D eigenvalue weighted by atomic mass is 19.1. The minimum Gasteiger partial charge on any atom is -0.466 e. The lowest BCUT2D eigenvalue weighted by atomic mass is 10.5. The summed E-state index contributed by atoms with van der Waals surface area (Å²) in [7, 11) is 1.24. The second kappa shape index (κ2) is 4.30. The minimum absolute atomic E-state index is 0.525. The van der Waals surface area contributed by atoms with E-state index in [0.29, 0.717) is 0 Å². The Hall–Kier alpha value is -0.860. The molecule has 0 atom stereocenters. The van der Waals surface area contributed by atoms with Crippen LogP contribution in [0.5, 0.6) is 0 Å². The molecule has 0 aliphatic carbocycles. The Balaban J connectivity index is 3.37. The summed E-state index contributed by atoms with van der Waals surface area (Å²) in [4.78, 5) is 10.1. The molecule has 8 heavy (non-hydrogen) atoms. The van der Waals surface area contributed by atoms with Crippen molar-refractivity contribution in [3.8, 4) is 0 Å². The molecule has 0 aromatic rings. The van der Waals surface area contributed by atoms with E-state index in [4.69, 9.17) is 0 Å². The number of carbonyl (C=O) groups excluding carboxylic acids is 1. The summed E-state index contributed by atoms with van der Waals surface area (Å²) >= 11 is 0. The fraction of sp³-hybridized carbons (Fsp3) is 0.400. The van der Waals surface area contributed by atoms with Crippen LogP contribution in [-0.4, -0.2) is 19.8 Å². The predicted octanol–water partition coefficient (Wildman–Crippen LogP) is 0.685. The fourth-order valence-electron chi connectivity index (χ4n) is 0.209. The zero-order chi connectivity index (χ0) is 6.41. The van der Waals surface area contributed by atoms with Gasteiger partial charge in [0.15, 0.2) is 0 Å². The second-order valence-electron chi connectivity index (χ2n) is 1.08. The molecule has 0 saturated carbocycles. The molecule has 0 fully saturated rings. The van der Waals surface area contributed by atoms with Gasteiger partial charge in [-0.3, -0.25) is 0 Å². The number of hydrogen-bond acceptors (Lipinski definition) is 2. The summed E-state index contributed by atoms with van der Waals surface area (Å²) in [6.07, 6.45) is 2.13. The lowest BCUT2D eigenvalue weighted by Gasteiger charge is -1.85. The molecule has 0 bridgehead atoms. The highest BCUT2D eigenvalue weighted by Gasteiger charge is 1.86. The van der Waals surface area contributed by atoms with Crippen molar-refractivity contribution in [2.24, 2.45) is 0 Å². The Labute approximate surface area is 47.0 Å². The molecule has 0 N–H and O–H groups in total. The lowest BCUT2D eigenvalue weighted by molar-refractivity contribution is -0.134. The molecule has 0 radical (unpaired) electrons. The number of carbonyl (C=O) groups is 1. The van der Waals surface area contributed by atoms with Gasteiger partial charge in [0.1, 0.15) is 6.67 Å². The molecular formula is C5H7FO2. The third-order valence-corrected chi connectivity index (χ3v) is 0.544. The van der Waals surface area contributed by atoms with Gasteiger partial charge in [-0.05, 0) is 6.08 Å². The molecule has 0 unspecified atom stereocenters. The third kappa shape index (κ3) is 3.33. The van der Waals surface area contributed by atoms with Gasteiger partial charge in [-0.2, -0.15) is 0 Å². The van der Waals surface area contributed by atoms with Gasteiger partial charge in [0.25, 0.3) is 0 Å². The molecule has 0 rings (SSSR count). The first-order valence-electron chi connectivity index (χ1n) is 2.11. The molecule has 0 heterocycles. The average Bonchev–Trinajstić information content (AvgIpc) is 1.83. The molecular weight excluding hydrogens is 111 g/mol. The maximum Gasteiger partial charge on any atom is 0.330 e.